The second-order valence-electron chi connectivity index (χ2n) is 9.66. The number of nitro groups is 1. The van der Waals surface area contributed by atoms with Crippen molar-refractivity contribution in [1.29, 1.82) is 0 Å². The summed E-state index contributed by atoms with van der Waals surface area (Å²) in [5.74, 6) is 1.75. The maximum atomic E-state index is 13.2. The van der Waals surface area contributed by atoms with E-state index < -0.39 is 11.0 Å². The highest BCUT2D eigenvalue weighted by molar-refractivity contribution is 6.02. The number of likely N-dealkylation sites (N-methyl/N-ethyl adjacent to an activating group) is 1. The molecule has 218 valence electrons. The number of nitrogens with one attached hydrogen (secondary N) is 2. The topological polar surface area (TPSA) is 138 Å². The number of carbonyl (C=O) groups is 1. The Morgan fingerprint density at radius 3 is 2.29 bits per heavy atom. The summed E-state index contributed by atoms with van der Waals surface area (Å²) in [4.78, 5) is 39.0. The lowest BCUT2D eigenvalue weighted by Gasteiger charge is -2.35. The van der Waals surface area contributed by atoms with Gasteiger partial charge in [0.15, 0.2) is 0 Å². The zero-order valence-electron chi connectivity index (χ0n) is 24.2. The first kappa shape index (κ1) is 29.3. The summed E-state index contributed by atoms with van der Waals surface area (Å²) in [7, 11) is 4.67. The van der Waals surface area contributed by atoms with E-state index in [2.05, 4.69) is 37.3 Å². The molecule has 3 aromatic rings. The lowest BCUT2D eigenvalue weighted by Crippen LogP contribution is -2.46. The number of nitro benzene ring substituents is 1. The molecule has 0 bridgehead atoms. The van der Waals surface area contributed by atoms with Crippen LogP contribution in [0.5, 0.6) is 11.5 Å². The van der Waals surface area contributed by atoms with Gasteiger partial charge in [0.2, 0.25) is 0 Å². The lowest BCUT2D eigenvalue weighted by atomic mass is 10.1. The summed E-state index contributed by atoms with van der Waals surface area (Å²) in [5, 5.41) is 17.9. The van der Waals surface area contributed by atoms with Gasteiger partial charge in [0, 0.05) is 68.2 Å². The molecule has 2 amide bonds. The molecule has 0 saturated carbocycles. The summed E-state index contributed by atoms with van der Waals surface area (Å²) in [5.41, 5.74) is 3.10. The van der Waals surface area contributed by atoms with Gasteiger partial charge in [0.05, 0.1) is 24.8 Å². The molecular weight excluding hydrogens is 528 g/mol. The standard InChI is InChI=1S/C28H36N8O5/c1-7-34-10-12-35(13-11-34)20-8-9-21(22(14-20)36(38)39)31-25-16-26(30-17-29-25)33(4)28(37)32-27-18(2)23(40-5)15-24(41-6)19(27)3/h8-9,14-17H,7,10-13H2,1-6H3,(H,32,37)(H,29,30,31). The van der Waals surface area contributed by atoms with Gasteiger partial charge in [-0.3, -0.25) is 15.0 Å². The van der Waals surface area contributed by atoms with E-state index in [0.29, 0.717) is 28.8 Å². The van der Waals surface area contributed by atoms with E-state index in [1.54, 1.807) is 45.5 Å². The van der Waals surface area contributed by atoms with Crippen molar-refractivity contribution < 1.29 is 19.2 Å². The van der Waals surface area contributed by atoms with Gasteiger partial charge in [0.25, 0.3) is 5.69 Å². The quantitative estimate of drug-likeness (QED) is 0.281. The molecule has 0 radical (unpaired) electrons. The number of hydrogen-bond acceptors (Lipinski definition) is 10. The van der Waals surface area contributed by atoms with Gasteiger partial charge in [-0.05, 0) is 32.5 Å². The molecule has 2 N–H and O–H groups in total. The van der Waals surface area contributed by atoms with Gasteiger partial charge in [-0.25, -0.2) is 14.8 Å². The van der Waals surface area contributed by atoms with E-state index in [-0.39, 0.29) is 11.4 Å². The second kappa shape index (κ2) is 12.7. The minimum Gasteiger partial charge on any atom is -0.496 e. The fraction of sp³-hybridized carbons (Fsp3) is 0.393. The van der Waals surface area contributed by atoms with Crippen molar-refractivity contribution in [2.24, 2.45) is 0 Å². The van der Waals surface area contributed by atoms with Crippen LogP contribution in [0, 0.1) is 24.0 Å². The van der Waals surface area contributed by atoms with Crippen molar-refractivity contribution in [3.63, 3.8) is 0 Å². The number of carbonyl (C=O) groups excluding carboxylic acids is 1. The van der Waals surface area contributed by atoms with E-state index in [0.717, 1.165) is 49.5 Å². The summed E-state index contributed by atoms with van der Waals surface area (Å²) in [6.45, 7) is 10.3. The Balaban J connectivity index is 1.53. The van der Waals surface area contributed by atoms with Crippen LogP contribution in [0.4, 0.5) is 39.2 Å². The zero-order chi connectivity index (χ0) is 29.7. The van der Waals surface area contributed by atoms with Crippen molar-refractivity contribution >= 4 is 40.4 Å². The number of piperazine rings is 1. The monoisotopic (exact) mass is 564 g/mol. The van der Waals surface area contributed by atoms with Crippen molar-refractivity contribution in [3.8, 4) is 11.5 Å². The molecule has 0 unspecified atom stereocenters. The van der Waals surface area contributed by atoms with E-state index in [4.69, 9.17) is 9.47 Å². The third-order valence-electron chi connectivity index (χ3n) is 7.35. The van der Waals surface area contributed by atoms with Crippen molar-refractivity contribution in [1.82, 2.24) is 14.9 Å². The Morgan fingerprint density at radius 1 is 1.05 bits per heavy atom. The van der Waals surface area contributed by atoms with Gasteiger partial charge < -0.3 is 29.9 Å². The molecule has 13 nitrogen and oxygen atoms in total. The molecular formula is C28H36N8O5. The number of aromatic nitrogens is 2. The average molecular weight is 565 g/mol. The molecule has 41 heavy (non-hydrogen) atoms. The van der Waals surface area contributed by atoms with Crippen LogP contribution in [-0.2, 0) is 0 Å². The average Bonchev–Trinajstić information content (AvgIpc) is 2.99. The van der Waals surface area contributed by atoms with Crippen molar-refractivity contribution in [2.45, 2.75) is 20.8 Å². The first-order valence-electron chi connectivity index (χ1n) is 13.3. The highest BCUT2D eigenvalue weighted by atomic mass is 16.6. The molecule has 2 heterocycles. The Hall–Kier alpha value is -4.65. The fourth-order valence-electron chi connectivity index (χ4n) is 4.80. The van der Waals surface area contributed by atoms with E-state index >= 15 is 0 Å². The van der Waals surface area contributed by atoms with Crippen LogP contribution < -0.4 is 29.9 Å². The number of nitrogens with zero attached hydrogens (tertiary/aromatic N) is 6. The minimum absolute atomic E-state index is 0.0652. The molecule has 1 fully saturated rings. The number of amides is 2. The SMILES string of the molecule is CCN1CCN(c2ccc(Nc3cc(N(C)C(=O)Nc4c(C)c(OC)cc(OC)c4C)ncn3)c([N+](=O)[O-])c2)CC1. The molecule has 1 aliphatic rings. The number of ether oxygens (including phenoxy) is 2. The number of urea groups is 1. The van der Waals surface area contributed by atoms with Crippen LogP contribution in [0.1, 0.15) is 18.1 Å². The smallest absolute Gasteiger partial charge is 0.327 e. The number of methoxy groups -OCH3 is 2. The second-order valence-corrected chi connectivity index (χ2v) is 9.66. The van der Waals surface area contributed by atoms with Crippen LogP contribution in [0.25, 0.3) is 0 Å². The largest absolute Gasteiger partial charge is 0.496 e. The van der Waals surface area contributed by atoms with E-state index in [1.165, 1.54) is 11.2 Å². The van der Waals surface area contributed by atoms with Crippen LogP contribution in [0.15, 0.2) is 36.7 Å². The van der Waals surface area contributed by atoms with Gasteiger partial charge in [-0.2, -0.15) is 0 Å². The predicted molar refractivity (Wildman–Crippen MR) is 159 cm³/mol. The first-order chi connectivity index (χ1) is 19.7. The maximum absolute atomic E-state index is 13.2. The number of benzene rings is 2. The van der Waals surface area contributed by atoms with Crippen LogP contribution in [-0.4, -0.2) is 79.8 Å². The highest BCUT2D eigenvalue weighted by Gasteiger charge is 2.22. The maximum Gasteiger partial charge on any atom is 0.327 e. The van der Waals surface area contributed by atoms with Crippen molar-refractivity contribution in [3.05, 3.63) is 57.9 Å². The molecule has 13 heteroatoms. The molecule has 0 spiro atoms. The Bertz CT molecular complexity index is 1400. The normalized spacial score (nSPS) is 13.5. The van der Waals surface area contributed by atoms with Crippen LogP contribution >= 0.6 is 0 Å². The van der Waals surface area contributed by atoms with Crippen LogP contribution in [0.2, 0.25) is 0 Å². The molecule has 2 aromatic carbocycles. The molecule has 4 rings (SSSR count). The summed E-state index contributed by atoms with van der Waals surface area (Å²) in [6, 6.07) is 8.00. The zero-order valence-corrected chi connectivity index (χ0v) is 24.2. The highest BCUT2D eigenvalue weighted by Crippen LogP contribution is 2.37. The summed E-state index contributed by atoms with van der Waals surface area (Å²) >= 11 is 0. The first-order valence-corrected chi connectivity index (χ1v) is 13.3. The molecule has 1 aromatic heterocycles. The molecule has 1 saturated heterocycles. The van der Waals surface area contributed by atoms with Gasteiger partial charge in [0.1, 0.15) is 35.1 Å². The molecule has 1 aliphatic heterocycles. The lowest BCUT2D eigenvalue weighted by molar-refractivity contribution is -0.383. The van der Waals surface area contributed by atoms with Crippen molar-refractivity contribution in [2.75, 3.05) is 74.4 Å². The predicted octanol–water partition coefficient (Wildman–Crippen LogP) is 4.57. The summed E-state index contributed by atoms with van der Waals surface area (Å²) in [6.07, 6.45) is 1.29. The fourth-order valence-corrected chi connectivity index (χ4v) is 4.80. The van der Waals surface area contributed by atoms with Gasteiger partial charge in [-0.1, -0.05) is 6.92 Å². The third kappa shape index (κ3) is 6.40. The van der Waals surface area contributed by atoms with Crippen LogP contribution in [0.3, 0.4) is 0 Å². The molecule has 0 atom stereocenters. The Morgan fingerprint density at radius 2 is 1.71 bits per heavy atom. The van der Waals surface area contributed by atoms with Gasteiger partial charge in [-0.15, -0.1) is 0 Å². The Labute approximate surface area is 239 Å². The number of hydrogen-bond donors (Lipinski definition) is 2. The van der Waals surface area contributed by atoms with E-state index in [1.807, 2.05) is 19.9 Å². The number of rotatable bonds is 9. The number of anilines is 5. The third-order valence-corrected chi connectivity index (χ3v) is 7.35. The van der Waals surface area contributed by atoms with E-state index in [9.17, 15) is 14.9 Å². The van der Waals surface area contributed by atoms with Gasteiger partial charge >= 0.3 is 6.03 Å². The summed E-state index contributed by atoms with van der Waals surface area (Å²) < 4.78 is 10.9. The Kier molecular flexibility index (Phi) is 9.07. The molecule has 0 aliphatic carbocycles. The minimum atomic E-state index is -0.449.